The molecule has 0 amide bonds. The summed E-state index contributed by atoms with van der Waals surface area (Å²) < 4.78 is 15.7. The average molecular weight is 758 g/mol. The van der Waals surface area contributed by atoms with Gasteiger partial charge in [0, 0.05) is 16.7 Å². The Labute approximate surface area is 326 Å². The topological polar surface area (TPSA) is 192 Å². The number of aromatic hydroxyl groups is 1. The first-order chi connectivity index (χ1) is 26.4. The normalized spacial score (nSPS) is 9.45. The Morgan fingerprint density at radius 1 is 0.518 bits per heavy atom. The van der Waals surface area contributed by atoms with Crippen LogP contribution in [0.15, 0.2) is 164 Å². The van der Waals surface area contributed by atoms with E-state index in [0.29, 0.717) is 39.4 Å². The summed E-state index contributed by atoms with van der Waals surface area (Å²) in [5, 5.41) is 26.1. The molecule has 0 aliphatic rings. The average Bonchev–Trinajstić information content (AvgIpc) is 3.20. The molecule has 0 saturated carbocycles. The van der Waals surface area contributed by atoms with Gasteiger partial charge in [0.05, 0.1) is 7.11 Å². The molecule has 0 unspecified atom stereocenters. The van der Waals surface area contributed by atoms with Crippen molar-refractivity contribution >= 4 is 35.9 Å². The van der Waals surface area contributed by atoms with Crippen molar-refractivity contribution in [1.82, 2.24) is 6.15 Å². The quantitative estimate of drug-likeness (QED) is 0.0458. The van der Waals surface area contributed by atoms with Crippen LogP contribution in [0.3, 0.4) is 0 Å². The van der Waals surface area contributed by atoms with Crippen LogP contribution in [0.2, 0.25) is 0 Å². The fraction of sp³-hybridized carbons (Fsp3) is 0.0909. The Bertz CT molecular complexity index is 2110. The maximum Gasteiger partial charge on any atom is 0.488 e. The van der Waals surface area contributed by atoms with Crippen LogP contribution in [0, 0.1) is 0 Å². The van der Waals surface area contributed by atoms with E-state index in [1.165, 1.54) is 26.2 Å². The van der Waals surface area contributed by atoms with E-state index in [1.807, 2.05) is 78.9 Å². The number of methoxy groups -OCH3 is 1. The first kappa shape index (κ1) is 45.3. The third-order valence-corrected chi connectivity index (χ3v) is 7.24. The molecule has 6 rings (SSSR count). The van der Waals surface area contributed by atoms with Gasteiger partial charge >= 0.3 is 13.1 Å². The third-order valence-electron chi connectivity index (χ3n) is 7.24. The molecule has 0 heterocycles. The molecular weight excluding hydrogens is 713 g/mol. The van der Waals surface area contributed by atoms with Crippen LogP contribution >= 0.6 is 0 Å². The molecular formula is C44H44BNO10. The van der Waals surface area contributed by atoms with Gasteiger partial charge in [-0.15, -0.1) is 0 Å². The summed E-state index contributed by atoms with van der Waals surface area (Å²) >= 11 is 0. The van der Waals surface area contributed by atoms with Crippen LogP contribution in [0.5, 0.6) is 28.7 Å². The van der Waals surface area contributed by atoms with E-state index in [0.717, 1.165) is 5.75 Å². The van der Waals surface area contributed by atoms with Crippen molar-refractivity contribution in [3.05, 3.63) is 180 Å². The van der Waals surface area contributed by atoms with Gasteiger partial charge in [0.1, 0.15) is 35.2 Å². The number of rotatable bonds is 10. The van der Waals surface area contributed by atoms with Crippen molar-refractivity contribution in [2.45, 2.75) is 20.3 Å². The van der Waals surface area contributed by atoms with Crippen LogP contribution < -0.4 is 21.1 Å². The summed E-state index contributed by atoms with van der Waals surface area (Å²) in [5.41, 5.74) is 2.15. The lowest BCUT2D eigenvalue weighted by Crippen LogP contribution is -2.29. The highest BCUT2D eigenvalue weighted by Crippen LogP contribution is 2.23. The van der Waals surface area contributed by atoms with Crippen LogP contribution in [0.1, 0.15) is 51.3 Å². The van der Waals surface area contributed by atoms with Crippen molar-refractivity contribution in [3.8, 4) is 28.7 Å². The Balaban J connectivity index is 0.000000269. The number of carbonyl (C=O) groups excluding carboxylic acids is 4. The van der Waals surface area contributed by atoms with Crippen molar-refractivity contribution in [2.75, 3.05) is 7.11 Å². The minimum absolute atomic E-state index is 0. The Kier molecular flexibility index (Phi) is 19.8. The summed E-state index contributed by atoms with van der Waals surface area (Å²) in [6.45, 7) is 3.01. The minimum Gasteiger partial charge on any atom is -0.508 e. The van der Waals surface area contributed by atoms with Crippen LogP contribution in [-0.2, 0) is 9.53 Å². The van der Waals surface area contributed by atoms with Gasteiger partial charge in [-0.1, -0.05) is 103 Å². The summed E-state index contributed by atoms with van der Waals surface area (Å²) in [4.78, 5) is 44.8. The fourth-order valence-corrected chi connectivity index (χ4v) is 4.42. The maximum atomic E-state index is 11.9. The van der Waals surface area contributed by atoms with Crippen molar-refractivity contribution < 1.29 is 48.5 Å². The highest BCUT2D eigenvalue weighted by molar-refractivity contribution is 6.58. The number of benzene rings is 6. The fourth-order valence-electron chi connectivity index (χ4n) is 4.42. The predicted octanol–water partition coefficient (Wildman–Crippen LogP) is 8.03. The van der Waals surface area contributed by atoms with E-state index in [4.69, 9.17) is 24.6 Å². The standard InChI is InChI=1S/C16H14O4.C14H12O2.C8H8O2.C6H7BO2.H3N/c1-19-16(18)11-15(17)12-6-5-9-14(10-12)20-13-7-3-2-4-8-13;1-11(15)12-6-5-9-14(10-12)16-13-7-3-2-4-8-13;1-6(9)7-3-2-4-8(10)5-7;8-7(9)6-4-2-1-3-5-6;/h2-10H,11H2,1H3;2-10H,1H3;2-5,10H,1H3;1-5,8-9H;1H3. The van der Waals surface area contributed by atoms with Gasteiger partial charge in [0.2, 0.25) is 0 Å². The minimum atomic E-state index is -1.34. The van der Waals surface area contributed by atoms with Gasteiger partial charge in [-0.25, -0.2) is 0 Å². The number of Topliss-reactive ketones (excluding diaryl/α,β-unsaturated/α-hetero) is 3. The molecule has 0 aliphatic carbocycles. The molecule has 6 aromatic carbocycles. The molecule has 11 nitrogen and oxygen atoms in total. The zero-order valence-electron chi connectivity index (χ0n) is 31.3. The maximum absolute atomic E-state index is 11.9. The van der Waals surface area contributed by atoms with E-state index in [-0.39, 0.29) is 35.7 Å². The molecule has 0 atom stereocenters. The van der Waals surface area contributed by atoms with E-state index in [9.17, 15) is 19.2 Å². The van der Waals surface area contributed by atoms with Crippen molar-refractivity contribution in [3.63, 3.8) is 0 Å². The number of hydrogen-bond donors (Lipinski definition) is 4. The molecule has 0 radical (unpaired) electrons. The number of ketones is 3. The molecule has 0 bridgehead atoms. The summed E-state index contributed by atoms with van der Waals surface area (Å²) in [5.74, 6) is 1.97. The Hall–Kier alpha value is -6.86. The molecule has 12 heteroatoms. The molecule has 6 aromatic rings. The van der Waals surface area contributed by atoms with E-state index in [1.54, 1.807) is 79.7 Å². The summed E-state index contributed by atoms with van der Waals surface area (Å²) in [7, 11) is -0.0870. The third kappa shape index (κ3) is 16.9. The summed E-state index contributed by atoms with van der Waals surface area (Å²) in [6, 6.07) is 47.6. The zero-order valence-corrected chi connectivity index (χ0v) is 31.3. The molecule has 6 N–H and O–H groups in total. The van der Waals surface area contributed by atoms with Gasteiger partial charge in [-0.3, -0.25) is 19.2 Å². The van der Waals surface area contributed by atoms with Crippen LogP contribution in [0.4, 0.5) is 0 Å². The van der Waals surface area contributed by atoms with E-state index in [2.05, 4.69) is 4.74 Å². The molecule has 0 fully saturated rings. The number of phenolic OH excluding ortho intramolecular Hbond substituents is 1. The largest absolute Gasteiger partial charge is 0.508 e. The SMILES string of the molecule is CC(=O)c1cccc(O)c1.CC(=O)c1cccc(Oc2ccccc2)c1.COC(=O)CC(=O)c1cccc(Oc2ccccc2)c1.N.OB(O)c1ccccc1. The number of phenols is 1. The second kappa shape index (κ2) is 24.5. The lowest BCUT2D eigenvalue weighted by molar-refractivity contribution is -0.139. The second-order valence-corrected chi connectivity index (χ2v) is 11.5. The van der Waals surface area contributed by atoms with Gasteiger partial charge in [0.25, 0.3) is 0 Å². The lowest BCUT2D eigenvalue weighted by atomic mass is 9.81. The number of para-hydroxylation sites is 2. The second-order valence-electron chi connectivity index (χ2n) is 11.5. The number of ether oxygens (including phenoxy) is 3. The number of hydrogen-bond acceptors (Lipinski definition) is 11. The number of esters is 1. The Morgan fingerprint density at radius 3 is 1.30 bits per heavy atom. The van der Waals surface area contributed by atoms with Crippen LogP contribution in [0.25, 0.3) is 0 Å². The van der Waals surface area contributed by atoms with Crippen molar-refractivity contribution in [2.24, 2.45) is 0 Å². The molecule has 56 heavy (non-hydrogen) atoms. The molecule has 0 saturated heterocycles. The summed E-state index contributed by atoms with van der Waals surface area (Å²) in [6.07, 6.45) is -0.273. The molecule has 288 valence electrons. The first-order valence-electron chi connectivity index (χ1n) is 16.9. The van der Waals surface area contributed by atoms with Gasteiger partial charge < -0.3 is 35.5 Å². The molecule has 0 spiro atoms. The van der Waals surface area contributed by atoms with E-state index >= 15 is 0 Å². The van der Waals surface area contributed by atoms with E-state index < -0.39 is 13.1 Å². The molecule has 0 aromatic heterocycles. The van der Waals surface area contributed by atoms with Crippen molar-refractivity contribution in [1.29, 1.82) is 0 Å². The lowest BCUT2D eigenvalue weighted by Gasteiger charge is -2.07. The monoisotopic (exact) mass is 757 g/mol. The molecule has 0 aliphatic heterocycles. The predicted molar refractivity (Wildman–Crippen MR) is 216 cm³/mol. The Morgan fingerprint density at radius 2 is 0.911 bits per heavy atom. The first-order valence-corrected chi connectivity index (χ1v) is 16.9. The highest BCUT2D eigenvalue weighted by Gasteiger charge is 2.13. The smallest absolute Gasteiger partial charge is 0.488 e. The van der Waals surface area contributed by atoms with Gasteiger partial charge in [0.15, 0.2) is 17.3 Å². The van der Waals surface area contributed by atoms with Gasteiger partial charge in [-0.2, -0.15) is 0 Å². The van der Waals surface area contributed by atoms with Crippen LogP contribution in [-0.4, -0.2) is 52.7 Å². The van der Waals surface area contributed by atoms with Gasteiger partial charge in [-0.05, 0) is 80.0 Å². The number of carbonyl (C=O) groups is 4. The highest BCUT2D eigenvalue weighted by atomic mass is 16.5. The zero-order chi connectivity index (χ0) is 40.0.